The summed E-state index contributed by atoms with van der Waals surface area (Å²) in [6, 6.07) is 3.03. The number of aromatic amines is 1. The van der Waals surface area contributed by atoms with Crippen molar-refractivity contribution < 1.29 is 18.4 Å². The SMILES string of the molecule is NC(=O)c1[nH]ncc1NC(=O)c1c(F)cccc1F. The molecule has 1 aromatic carbocycles. The Labute approximate surface area is 105 Å². The maximum absolute atomic E-state index is 13.4. The summed E-state index contributed by atoms with van der Waals surface area (Å²) >= 11 is 0. The van der Waals surface area contributed by atoms with Gasteiger partial charge < -0.3 is 11.1 Å². The Morgan fingerprint density at radius 2 is 1.89 bits per heavy atom. The number of hydrogen-bond acceptors (Lipinski definition) is 3. The molecule has 0 spiro atoms. The second-order valence-corrected chi connectivity index (χ2v) is 3.57. The van der Waals surface area contributed by atoms with Crippen molar-refractivity contribution in [3.05, 3.63) is 47.3 Å². The van der Waals surface area contributed by atoms with Crippen LogP contribution in [0.1, 0.15) is 20.8 Å². The number of nitrogens with one attached hydrogen (secondary N) is 2. The predicted octanol–water partition coefficient (Wildman–Crippen LogP) is 1.04. The first-order valence-electron chi connectivity index (χ1n) is 5.09. The predicted molar refractivity (Wildman–Crippen MR) is 61.4 cm³/mol. The number of halogens is 2. The van der Waals surface area contributed by atoms with Gasteiger partial charge in [0.2, 0.25) is 0 Å². The van der Waals surface area contributed by atoms with E-state index in [2.05, 4.69) is 15.5 Å². The lowest BCUT2D eigenvalue weighted by Crippen LogP contribution is -2.19. The smallest absolute Gasteiger partial charge is 0.268 e. The van der Waals surface area contributed by atoms with E-state index in [0.29, 0.717) is 0 Å². The Hall–Kier alpha value is -2.77. The molecule has 98 valence electrons. The Kier molecular flexibility index (Phi) is 3.23. The van der Waals surface area contributed by atoms with E-state index in [1.54, 1.807) is 0 Å². The molecule has 0 unspecified atom stereocenters. The molecular weight excluding hydrogens is 258 g/mol. The molecule has 0 bridgehead atoms. The van der Waals surface area contributed by atoms with Gasteiger partial charge in [0.15, 0.2) is 0 Å². The number of nitrogens with two attached hydrogens (primary N) is 1. The van der Waals surface area contributed by atoms with Gasteiger partial charge >= 0.3 is 0 Å². The third-order valence-electron chi connectivity index (χ3n) is 2.32. The molecule has 0 atom stereocenters. The summed E-state index contributed by atoms with van der Waals surface area (Å²) in [4.78, 5) is 22.7. The molecule has 0 saturated heterocycles. The van der Waals surface area contributed by atoms with Gasteiger partial charge in [-0.1, -0.05) is 6.07 Å². The molecule has 2 aromatic rings. The largest absolute Gasteiger partial charge is 0.364 e. The maximum Gasteiger partial charge on any atom is 0.268 e. The number of H-pyrrole nitrogens is 1. The third-order valence-corrected chi connectivity index (χ3v) is 2.32. The minimum Gasteiger partial charge on any atom is -0.364 e. The highest BCUT2D eigenvalue weighted by Crippen LogP contribution is 2.16. The first-order valence-corrected chi connectivity index (χ1v) is 5.09. The molecule has 19 heavy (non-hydrogen) atoms. The second kappa shape index (κ2) is 4.84. The molecule has 0 aliphatic carbocycles. The lowest BCUT2D eigenvalue weighted by atomic mass is 10.2. The van der Waals surface area contributed by atoms with E-state index in [1.165, 1.54) is 0 Å². The highest BCUT2D eigenvalue weighted by Gasteiger charge is 2.20. The molecule has 4 N–H and O–H groups in total. The topological polar surface area (TPSA) is 101 Å². The highest BCUT2D eigenvalue weighted by molar-refractivity contribution is 6.08. The van der Waals surface area contributed by atoms with Crippen LogP contribution in [0.4, 0.5) is 14.5 Å². The summed E-state index contributed by atoms with van der Waals surface area (Å²) < 4.78 is 26.7. The fraction of sp³-hybridized carbons (Fsp3) is 0. The van der Waals surface area contributed by atoms with Gasteiger partial charge in [-0.05, 0) is 12.1 Å². The number of hydrogen-bond donors (Lipinski definition) is 3. The molecule has 0 aliphatic rings. The van der Waals surface area contributed by atoms with Gasteiger partial charge in [0.25, 0.3) is 11.8 Å². The number of carbonyl (C=O) groups excluding carboxylic acids is 2. The summed E-state index contributed by atoms with van der Waals surface area (Å²) in [5.74, 6) is -3.93. The average Bonchev–Trinajstić information content (AvgIpc) is 2.76. The molecular formula is C11H8F2N4O2. The molecule has 6 nitrogen and oxygen atoms in total. The van der Waals surface area contributed by atoms with E-state index in [1.807, 2.05) is 0 Å². The molecule has 0 saturated carbocycles. The van der Waals surface area contributed by atoms with Crippen LogP contribution >= 0.6 is 0 Å². The number of amides is 2. The van der Waals surface area contributed by atoms with Crippen molar-refractivity contribution in [2.75, 3.05) is 5.32 Å². The minimum absolute atomic E-state index is 0.0554. The number of anilines is 1. The van der Waals surface area contributed by atoms with Crippen LogP contribution in [-0.2, 0) is 0 Å². The highest BCUT2D eigenvalue weighted by atomic mass is 19.1. The van der Waals surface area contributed by atoms with Gasteiger partial charge in [-0.15, -0.1) is 0 Å². The van der Waals surface area contributed by atoms with Crippen molar-refractivity contribution in [3.63, 3.8) is 0 Å². The van der Waals surface area contributed by atoms with E-state index >= 15 is 0 Å². The monoisotopic (exact) mass is 266 g/mol. The van der Waals surface area contributed by atoms with Crippen LogP contribution in [-0.4, -0.2) is 22.0 Å². The molecule has 1 heterocycles. The minimum atomic E-state index is -1.04. The van der Waals surface area contributed by atoms with Crippen LogP contribution in [0.15, 0.2) is 24.4 Å². The summed E-state index contributed by atoms with van der Waals surface area (Å²) in [7, 11) is 0. The van der Waals surface area contributed by atoms with Crippen LogP contribution in [0.5, 0.6) is 0 Å². The van der Waals surface area contributed by atoms with Crippen molar-refractivity contribution in [1.82, 2.24) is 10.2 Å². The normalized spacial score (nSPS) is 10.2. The van der Waals surface area contributed by atoms with Crippen molar-refractivity contribution in [3.8, 4) is 0 Å². The van der Waals surface area contributed by atoms with Gasteiger partial charge in [-0.2, -0.15) is 5.10 Å². The molecule has 0 fully saturated rings. The summed E-state index contributed by atoms with van der Waals surface area (Å²) in [6.07, 6.45) is 1.11. The standard InChI is InChI=1S/C11H8F2N4O2/c12-5-2-1-3-6(13)8(5)11(19)16-7-4-15-17-9(7)10(14)18/h1-4H,(H2,14,18)(H,15,17)(H,16,19). The molecule has 1 aromatic heterocycles. The molecule has 0 aliphatic heterocycles. The zero-order valence-corrected chi connectivity index (χ0v) is 9.41. The van der Waals surface area contributed by atoms with Crippen molar-refractivity contribution in [2.24, 2.45) is 5.73 Å². The molecule has 8 heteroatoms. The van der Waals surface area contributed by atoms with Gasteiger partial charge in [0, 0.05) is 0 Å². The first kappa shape index (κ1) is 12.7. The summed E-state index contributed by atoms with van der Waals surface area (Å²) in [5, 5.41) is 7.93. The number of carbonyl (C=O) groups is 2. The number of aromatic nitrogens is 2. The number of benzene rings is 1. The number of nitrogens with zero attached hydrogens (tertiary/aromatic N) is 1. The number of rotatable bonds is 3. The fourth-order valence-electron chi connectivity index (χ4n) is 1.47. The molecule has 2 amide bonds. The number of primary amides is 1. The van der Waals surface area contributed by atoms with Gasteiger partial charge in [0.05, 0.1) is 11.9 Å². The van der Waals surface area contributed by atoms with E-state index in [4.69, 9.17) is 5.73 Å². The van der Waals surface area contributed by atoms with Crippen molar-refractivity contribution in [1.29, 1.82) is 0 Å². The second-order valence-electron chi connectivity index (χ2n) is 3.57. The van der Waals surface area contributed by atoms with Gasteiger partial charge in [-0.25, -0.2) is 8.78 Å². The summed E-state index contributed by atoms with van der Waals surface area (Å²) in [6.45, 7) is 0. The van der Waals surface area contributed by atoms with Gasteiger partial charge in [-0.3, -0.25) is 14.7 Å². The van der Waals surface area contributed by atoms with E-state index in [9.17, 15) is 18.4 Å². The van der Waals surface area contributed by atoms with Crippen LogP contribution in [0.2, 0.25) is 0 Å². The lowest BCUT2D eigenvalue weighted by Gasteiger charge is -2.06. The average molecular weight is 266 g/mol. The molecule has 2 rings (SSSR count). The first-order chi connectivity index (χ1) is 9.00. The lowest BCUT2D eigenvalue weighted by molar-refractivity contribution is 0.0996. The van der Waals surface area contributed by atoms with Crippen molar-refractivity contribution in [2.45, 2.75) is 0 Å². The van der Waals surface area contributed by atoms with Crippen LogP contribution in [0.25, 0.3) is 0 Å². The van der Waals surface area contributed by atoms with E-state index in [-0.39, 0.29) is 11.4 Å². The van der Waals surface area contributed by atoms with Gasteiger partial charge in [0.1, 0.15) is 22.9 Å². The zero-order chi connectivity index (χ0) is 14.0. The van der Waals surface area contributed by atoms with Crippen LogP contribution in [0, 0.1) is 11.6 Å². The quantitative estimate of drug-likeness (QED) is 0.773. The van der Waals surface area contributed by atoms with Crippen LogP contribution in [0.3, 0.4) is 0 Å². The van der Waals surface area contributed by atoms with E-state index < -0.39 is 29.0 Å². The zero-order valence-electron chi connectivity index (χ0n) is 9.41. The third kappa shape index (κ3) is 2.41. The van der Waals surface area contributed by atoms with Crippen LogP contribution < -0.4 is 11.1 Å². The maximum atomic E-state index is 13.4. The Morgan fingerprint density at radius 3 is 2.47 bits per heavy atom. The van der Waals surface area contributed by atoms with E-state index in [0.717, 1.165) is 24.4 Å². The van der Waals surface area contributed by atoms with Crippen molar-refractivity contribution >= 4 is 17.5 Å². The Morgan fingerprint density at radius 1 is 1.26 bits per heavy atom. The Bertz CT molecular complexity index is 634. The molecule has 0 radical (unpaired) electrons. The fourth-order valence-corrected chi connectivity index (χ4v) is 1.47. The Balaban J connectivity index is 2.31. The summed E-state index contributed by atoms with van der Waals surface area (Å²) in [5.41, 5.74) is 4.06.